The molecule has 0 atom stereocenters. The van der Waals surface area contributed by atoms with E-state index in [4.69, 9.17) is 4.42 Å². The first-order valence-electron chi connectivity index (χ1n) is 8.70. The number of para-hydroxylation sites is 1. The highest BCUT2D eigenvalue weighted by atomic mass is 32.2. The van der Waals surface area contributed by atoms with E-state index in [1.54, 1.807) is 35.4 Å². The lowest BCUT2D eigenvalue weighted by Crippen LogP contribution is -2.17. The van der Waals surface area contributed by atoms with Crippen LogP contribution >= 0.6 is 11.8 Å². The van der Waals surface area contributed by atoms with E-state index >= 15 is 0 Å². The van der Waals surface area contributed by atoms with Crippen LogP contribution in [0.25, 0.3) is 11.5 Å². The molecule has 8 nitrogen and oxygen atoms in total. The van der Waals surface area contributed by atoms with Crippen molar-refractivity contribution in [2.24, 2.45) is 0 Å². The maximum atomic E-state index is 13.7. The Labute approximate surface area is 173 Å². The topological polar surface area (TPSA) is 98.7 Å². The van der Waals surface area contributed by atoms with E-state index in [0.717, 1.165) is 23.9 Å². The molecule has 3 heterocycles. The predicted molar refractivity (Wildman–Crippen MR) is 105 cm³/mol. The van der Waals surface area contributed by atoms with Crippen molar-refractivity contribution in [3.63, 3.8) is 0 Å². The Morgan fingerprint density at radius 3 is 2.67 bits per heavy atom. The van der Waals surface area contributed by atoms with E-state index in [9.17, 15) is 13.6 Å². The van der Waals surface area contributed by atoms with Gasteiger partial charge in [0.05, 0.1) is 24.8 Å². The molecule has 0 unspecified atom stereocenters. The second-order valence-corrected chi connectivity index (χ2v) is 6.94. The predicted octanol–water partition coefficient (Wildman–Crippen LogP) is 3.39. The molecule has 152 valence electrons. The van der Waals surface area contributed by atoms with Gasteiger partial charge in [-0.2, -0.15) is 0 Å². The van der Waals surface area contributed by atoms with Crippen molar-refractivity contribution in [1.29, 1.82) is 0 Å². The molecule has 0 saturated heterocycles. The third-order valence-electron chi connectivity index (χ3n) is 3.96. The van der Waals surface area contributed by atoms with Gasteiger partial charge in [0.1, 0.15) is 28.8 Å². The van der Waals surface area contributed by atoms with Crippen LogP contribution in [0.15, 0.2) is 64.8 Å². The summed E-state index contributed by atoms with van der Waals surface area (Å²) in [7, 11) is 0. The van der Waals surface area contributed by atoms with Gasteiger partial charge in [-0.1, -0.05) is 17.8 Å². The van der Waals surface area contributed by atoms with Gasteiger partial charge < -0.3 is 9.73 Å². The Kier molecular flexibility index (Phi) is 5.80. The van der Waals surface area contributed by atoms with E-state index in [0.29, 0.717) is 29.0 Å². The molecular formula is C19H14F2N6O2S. The minimum absolute atomic E-state index is 0.134. The van der Waals surface area contributed by atoms with Crippen molar-refractivity contribution in [1.82, 2.24) is 24.7 Å². The van der Waals surface area contributed by atoms with Crippen LogP contribution < -0.4 is 5.32 Å². The minimum Gasteiger partial charge on any atom is -0.467 e. The molecule has 4 rings (SSSR count). The number of rotatable bonds is 7. The van der Waals surface area contributed by atoms with Gasteiger partial charge in [-0.25, -0.2) is 13.8 Å². The van der Waals surface area contributed by atoms with Crippen molar-refractivity contribution in [2.45, 2.75) is 11.7 Å². The Balaban J connectivity index is 1.53. The minimum atomic E-state index is -0.848. The standard InChI is InChI=1S/C19H14F2N6O2S/c20-13-4-1-5-14(21)17(13)24-16(28)11-30-19-26-25-18(15-9-22-6-7-23-15)27(19)10-12-3-2-8-29-12/h1-9H,10-11H2,(H,24,28). The van der Waals surface area contributed by atoms with E-state index in [1.807, 2.05) is 0 Å². The number of hydrogen-bond donors (Lipinski definition) is 1. The van der Waals surface area contributed by atoms with Crippen LogP contribution in [0.2, 0.25) is 0 Å². The largest absolute Gasteiger partial charge is 0.467 e. The first kappa shape index (κ1) is 19.7. The van der Waals surface area contributed by atoms with Gasteiger partial charge in [0.15, 0.2) is 11.0 Å². The zero-order chi connectivity index (χ0) is 20.9. The number of hydrogen-bond acceptors (Lipinski definition) is 7. The monoisotopic (exact) mass is 428 g/mol. The third-order valence-corrected chi connectivity index (χ3v) is 4.93. The molecule has 1 aromatic carbocycles. The fraction of sp³-hybridized carbons (Fsp3) is 0.105. The second-order valence-electron chi connectivity index (χ2n) is 6.00. The number of benzene rings is 1. The Bertz CT molecular complexity index is 1130. The van der Waals surface area contributed by atoms with Crippen LogP contribution in [0, 0.1) is 11.6 Å². The number of halogens is 2. The van der Waals surface area contributed by atoms with Crippen molar-refractivity contribution < 1.29 is 18.0 Å². The molecule has 3 aromatic heterocycles. The Morgan fingerprint density at radius 1 is 1.13 bits per heavy atom. The molecule has 0 fully saturated rings. The Morgan fingerprint density at radius 2 is 1.97 bits per heavy atom. The number of furan rings is 1. The SMILES string of the molecule is O=C(CSc1nnc(-c2cnccn2)n1Cc1ccco1)Nc1c(F)cccc1F. The molecule has 11 heteroatoms. The zero-order valence-electron chi connectivity index (χ0n) is 15.3. The van der Waals surface area contributed by atoms with Crippen LogP contribution in [0.5, 0.6) is 0 Å². The average Bonchev–Trinajstić information content (AvgIpc) is 3.40. The molecule has 0 aliphatic heterocycles. The Hall–Kier alpha value is -3.60. The molecular weight excluding hydrogens is 414 g/mol. The van der Waals surface area contributed by atoms with Crippen LogP contribution in [-0.4, -0.2) is 36.4 Å². The van der Waals surface area contributed by atoms with E-state index in [2.05, 4.69) is 25.5 Å². The average molecular weight is 428 g/mol. The summed E-state index contributed by atoms with van der Waals surface area (Å²) in [4.78, 5) is 20.5. The first-order chi connectivity index (χ1) is 14.6. The summed E-state index contributed by atoms with van der Waals surface area (Å²) in [5, 5.41) is 10.9. The highest BCUT2D eigenvalue weighted by molar-refractivity contribution is 7.99. The van der Waals surface area contributed by atoms with Crippen molar-refractivity contribution in [3.8, 4) is 11.5 Å². The van der Waals surface area contributed by atoms with Gasteiger partial charge in [-0.15, -0.1) is 10.2 Å². The van der Waals surface area contributed by atoms with E-state index in [-0.39, 0.29) is 5.75 Å². The molecule has 0 saturated carbocycles. The van der Waals surface area contributed by atoms with Gasteiger partial charge in [-0.3, -0.25) is 14.3 Å². The summed E-state index contributed by atoms with van der Waals surface area (Å²) in [6.07, 6.45) is 6.17. The third kappa shape index (κ3) is 4.35. The highest BCUT2D eigenvalue weighted by Gasteiger charge is 2.19. The maximum Gasteiger partial charge on any atom is 0.235 e. The number of anilines is 1. The summed E-state index contributed by atoms with van der Waals surface area (Å²) in [5.74, 6) is -1.32. The van der Waals surface area contributed by atoms with E-state index in [1.165, 1.54) is 12.3 Å². The summed E-state index contributed by atoms with van der Waals surface area (Å²) in [5.41, 5.74) is 0.0155. The summed E-state index contributed by atoms with van der Waals surface area (Å²) in [6, 6.07) is 6.91. The lowest BCUT2D eigenvalue weighted by atomic mass is 10.3. The smallest absolute Gasteiger partial charge is 0.235 e. The lowest BCUT2D eigenvalue weighted by molar-refractivity contribution is -0.113. The second kappa shape index (κ2) is 8.82. The normalized spacial score (nSPS) is 10.9. The van der Waals surface area contributed by atoms with Crippen LogP contribution in [-0.2, 0) is 11.3 Å². The summed E-state index contributed by atoms with van der Waals surface area (Å²) < 4.78 is 34.6. The number of carbonyl (C=O) groups excluding carboxylic acids is 1. The molecule has 0 aliphatic rings. The number of aromatic nitrogens is 5. The van der Waals surface area contributed by atoms with Gasteiger partial charge in [0.2, 0.25) is 5.91 Å². The van der Waals surface area contributed by atoms with Crippen molar-refractivity contribution in [2.75, 3.05) is 11.1 Å². The van der Waals surface area contributed by atoms with Crippen LogP contribution in [0.3, 0.4) is 0 Å². The fourth-order valence-corrected chi connectivity index (χ4v) is 3.36. The molecule has 1 N–H and O–H groups in total. The maximum absolute atomic E-state index is 13.7. The fourth-order valence-electron chi connectivity index (χ4n) is 2.62. The number of carbonyl (C=O) groups is 1. The molecule has 0 bridgehead atoms. The zero-order valence-corrected chi connectivity index (χ0v) is 16.1. The van der Waals surface area contributed by atoms with Crippen molar-refractivity contribution in [3.05, 3.63) is 72.6 Å². The number of thioether (sulfide) groups is 1. The summed E-state index contributed by atoms with van der Waals surface area (Å²) in [6.45, 7) is 0.303. The highest BCUT2D eigenvalue weighted by Crippen LogP contribution is 2.25. The van der Waals surface area contributed by atoms with Crippen molar-refractivity contribution >= 4 is 23.4 Å². The first-order valence-corrected chi connectivity index (χ1v) is 9.69. The number of nitrogens with one attached hydrogen (secondary N) is 1. The van der Waals surface area contributed by atoms with E-state index < -0.39 is 23.2 Å². The quantitative estimate of drug-likeness (QED) is 0.451. The summed E-state index contributed by atoms with van der Waals surface area (Å²) >= 11 is 1.07. The van der Waals surface area contributed by atoms with Crippen LogP contribution in [0.4, 0.5) is 14.5 Å². The number of amides is 1. The van der Waals surface area contributed by atoms with Gasteiger partial charge in [0, 0.05) is 12.4 Å². The van der Waals surface area contributed by atoms with Gasteiger partial charge in [0.25, 0.3) is 0 Å². The molecule has 30 heavy (non-hydrogen) atoms. The molecule has 0 aliphatic carbocycles. The van der Waals surface area contributed by atoms with Crippen LogP contribution in [0.1, 0.15) is 5.76 Å². The lowest BCUT2D eigenvalue weighted by Gasteiger charge is -2.09. The molecule has 0 spiro atoms. The molecule has 4 aromatic rings. The van der Waals surface area contributed by atoms with Gasteiger partial charge >= 0.3 is 0 Å². The number of nitrogens with zero attached hydrogens (tertiary/aromatic N) is 5. The van der Waals surface area contributed by atoms with Gasteiger partial charge in [-0.05, 0) is 24.3 Å². The molecule has 1 amide bonds. The molecule has 0 radical (unpaired) electrons.